The Morgan fingerprint density at radius 3 is 2.38 bits per heavy atom. The number of nitrogens with zero attached hydrogens (tertiary/aromatic N) is 1. The zero-order valence-electron chi connectivity index (χ0n) is 21.4. The van der Waals surface area contributed by atoms with Crippen LogP contribution in [0.2, 0.25) is 0 Å². The maximum atomic E-state index is 13.6. The first-order chi connectivity index (χ1) is 18.8. The van der Waals surface area contributed by atoms with E-state index in [9.17, 15) is 29.4 Å². The summed E-state index contributed by atoms with van der Waals surface area (Å²) in [7, 11) is 0. The Morgan fingerprint density at radius 1 is 0.974 bits per heavy atom. The number of para-hydroxylation sites is 1. The maximum Gasteiger partial charge on any atom is 0.326 e. The molecule has 3 amide bonds. The van der Waals surface area contributed by atoms with E-state index in [0.717, 1.165) is 22.0 Å². The number of rotatable bonds is 11. The number of hydrogen-bond acceptors (Lipinski definition) is 6. The smallest absolute Gasteiger partial charge is 0.326 e. The molecule has 39 heavy (non-hydrogen) atoms. The summed E-state index contributed by atoms with van der Waals surface area (Å²) in [5.41, 5.74) is 8.47. The van der Waals surface area contributed by atoms with Crippen molar-refractivity contribution in [2.45, 2.75) is 49.9 Å². The van der Waals surface area contributed by atoms with Gasteiger partial charge in [0.15, 0.2) is 0 Å². The number of aromatic amines is 1. The molecular formula is C28H33N5O6. The van der Waals surface area contributed by atoms with Crippen molar-refractivity contribution >= 4 is 34.6 Å². The molecule has 1 aliphatic rings. The van der Waals surface area contributed by atoms with Gasteiger partial charge >= 0.3 is 5.97 Å². The average Bonchev–Trinajstić information content (AvgIpc) is 3.59. The number of hydrogen-bond donors (Lipinski definition) is 6. The second-order valence-electron chi connectivity index (χ2n) is 9.69. The van der Waals surface area contributed by atoms with Gasteiger partial charge in [0, 0.05) is 30.1 Å². The fraction of sp³-hybridized carbons (Fsp3) is 0.357. The van der Waals surface area contributed by atoms with Gasteiger partial charge in [-0.1, -0.05) is 48.5 Å². The van der Waals surface area contributed by atoms with Gasteiger partial charge in [-0.3, -0.25) is 14.4 Å². The van der Waals surface area contributed by atoms with Crippen molar-refractivity contribution in [3.05, 3.63) is 71.9 Å². The Bertz CT molecular complexity index is 1330. The number of H-pyrrole nitrogens is 1. The third kappa shape index (κ3) is 6.62. The Kier molecular flexibility index (Phi) is 8.95. The maximum absolute atomic E-state index is 13.6. The van der Waals surface area contributed by atoms with E-state index < -0.39 is 54.5 Å². The molecule has 0 radical (unpaired) electrons. The summed E-state index contributed by atoms with van der Waals surface area (Å²) in [6.07, 6.45) is 2.91. The number of nitrogens with one attached hydrogen (secondary N) is 3. The van der Waals surface area contributed by atoms with Gasteiger partial charge in [0.1, 0.15) is 18.1 Å². The average molecular weight is 536 g/mol. The van der Waals surface area contributed by atoms with Crippen LogP contribution in [0.25, 0.3) is 10.9 Å². The largest absolute Gasteiger partial charge is 0.480 e. The minimum Gasteiger partial charge on any atom is -0.480 e. The standard InChI is InChI=1S/C28H33N5O6/c29-20(13-17-7-2-1-3-8-17)25(35)32-23(16-34)26(36)31-22(27(37)33-12-6-11-24(33)28(38)39)14-18-15-30-21-10-5-4-9-19(18)21/h1-5,7-10,15,20,22-24,30,34H,6,11-14,16,29H2,(H,31,36)(H,32,35)(H,38,39). The van der Waals surface area contributed by atoms with Gasteiger partial charge in [0.2, 0.25) is 17.7 Å². The van der Waals surface area contributed by atoms with Gasteiger partial charge in [0.05, 0.1) is 12.6 Å². The lowest BCUT2D eigenvalue weighted by atomic mass is 10.0. The molecule has 4 atom stereocenters. The molecule has 1 aliphatic heterocycles. The lowest BCUT2D eigenvalue weighted by molar-refractivity contribution is -0.149. The van der Waals surface area contributed by atoms with E-state index in [1.807, 2.05) is 54.6 Å². The van der Waals surface area contributed by atoms with E-state index in [1.165, 1.54) is 4.90 Å². The molecule has 0 bridgehead atoms. The summed E-state index contributed by atoms with van der Waals surface area (Å²) in [6, 6.07) is 12.2. The van der Waals surface area contributed by atoms with Crippen LogP contribution in [0.5, 0.6) is 0 Å². The highest BCUT2D eigenvalue weighted by molar-refractivity contribution is 5.95. The summed E-state index contributed by atoms with van der Waals surface area (Å²) in [5, 5.41) is 25.5. The van der Waals surface area contributed by atoms with Crippen LogP contribution < -0.4 is 16.4 Å². The molecule has 1 aromatic heterocycles. The van der Waals surface area contributed by atoms with E-state index in [4.69, 9.17) is 5.73 Å². The number of carboxylic acids is 1. The van der Waals surface area contributed by atoms with Gasteiger partial charge < -0.3 is 36.5 Å². The summed E-state index contributed by atoms with van der Waals surface area (Å²) in [4.78, 5) is 55.6. The van der Waals surface area contributed by atoms with E-state index in [2.05, 4.69) is 15.6 Å². The van der Waals surface area contributed by atoms with E-state index in [0.29, 0.717) is 12.8 Å². The number of carboxylic acid groups (broad SMARTS) is 1. The Morgan fingerprint density at radius 2 is 1.67 bits per heavy atom. The number of amides is 3. The zero-order chi connectivity index (χ0) is 27.9. The number of aliphatic carboxylic acids is 1. The van der Waals surface area contributed by atoms with Crippen molar-refractivity contribution < 1.29 is 29.4 Å². The summed E-state index contributed by atoms with van der Waals surface area (Å²) >= 11 is 0. The summed E-state index contributed by atoms with van der Waals surface area (Å²) < 4.78 is 0. The SMILES string of the molecule is NC(Cc1ccccc1)C(=O)NC(CO)C(=O)NC(Cc1c[nH]c2ccccc12)C(=O)N1CCCC1C(=O)O. The van der Waals surface area contributed by atoms with Crippen LogP contribution in [0.1, 0.15) is 24.0 Å². The molecule has 3 aromatic rings. The summed E-state index contributed by atoms with van der Waals surface area (Å²) in [6.45, 7) is -0.463. The molecule has 1 saturated heterocycles. The van der Waals surface area contributed by atoms with Crippen LogP contribution in [0.15, 0.2) is 60.8 Å². The minimum atomic E-state index is -1.36. The Balaban J connectivity index is 1.50. The van der Waals surface area contributed by atoms with Crippen molar-refractivity contribution in [3.63, 3.8) is 0 Å². The van der Waals surface area contributed by atoms with E-state index in [-0.39, 0.29) is 19.4 Å². The molecule has 4 rings (SSSR count). The highest BCUT2D eigenvalue weighted by Gasteiger charge is 2.38. The van der Waals surface area contributed by atoms with Crippen molar-refractivity contribution in [3.8, 4) is 0 Å². The molecular weight excluding hydrogens is 502 g/mol. The fourth-order valence-electron chi connectivity index (χ4n) is 4.91. The number of nitrogens with two attached hydrogens (primary N) is 1. The number of carbonyl (C=O) groups excluding carboxylic acids is 3. The monoisotopic (exact) mass is 535 g/mol. The Labute approximate surface area is 225 Å². The lowest BCUT2D eigenvalue weighted by Gasteiger charge is -2.28. The van der Waals surface area contributed by atoms with Crippen LogP contribution in [0, 0.1) is 0 Å². The third-order valence-electron chi connectivity index (χ3n) is 6.99. The van der Waals surface area contributed by atoms with Gasteiger partial charge in [-0.05, 0) is 36.5 Å². The molecule has 11 nitrogen and oxygen atoms in total. The highest BCUT2D eigenvalue weighted by atomic mass is 16.4. The minimum absolute atomic E-state index is 0.0804. The number of aliphatic hydroxyl groups excluding tert-OH is 1. The number of benzene rings is 2. The third-order valence-corrected chi connectivity index (χ3v) is 6.99. The van der Waals surface area contributed by atoms with Gasteiger partial charge in [-0.15, -0.1) is 0 Å². The van der Waals surface area contributed by atoms with Crippen molar-refractivity contribution in [2.75, 3.05) is 13.2 Å². The van der Waals surface area contributed by atoms with Crippen molar-refractivity contribution in [1.82, 2.24) is 20.5 Å². The first-order valence-corrected chi connectivity index (χ1v) is 12.9. The molecule has 0 saturated carbocycles. The molecule has 7 N–H and O–H groups in total. The van der Waals surface area contributed by atoms with Crippen LogP contribution in [0.4, 0.5) is 0 Å². The molecule has 0 spiro atoms. The predicted octanol–water partition coefficient (Wildman–Crippen LogP) is 0.318. The topological polar surface area (TPSA) is 178 Å². The number of likely N-dealkylation sites (tertiary alicyclic amines) is 1. The molecule has 4 unspecified atom stereocenters. The summed E-state index contributed by atoms with van der Waals surface area (Å²) in [5.74, 6) is -3.05. The predicted molar refractivity (Wildman–Crippen MR) is 143 cm³/mol. The van der Waals surface area contributed by atoms with E-state index >= 15 is 0 Å². The van der Waals surface area contributed by atoms with Gasteiger partial charge in [-0.2, -0.15) is 0 Å². The second-order valence-corrected chi connectivity index (χ2v) is 9.69. The number of aliphatic hydroxyl groups is 1. The zero-order valence-corrected chi connectivity index (χ0v) is 21.4. The van der Waals surface area contributed by atoms with E-state index in [1.54, 1.807) is 6.20 Å². The number of fused-ring (bicyclic) bond motifs is 1. The van der Waals surface area contributed by atoms with Gasteiger partial charge in [0.25, 0.3) is 0 Å². The lowest BCUT2D eigenvalue weighted by Crippen LogP contribution is -2.58. The van der Waals surface area contributed by atoms with Crippen LogP contribution in [0.3, 0.4) is 0 Å². The van der Waals surface area contributed by atoms with Crippen LogP contribution >= 0.6 is 0 Å². The quantitative estimate of drug-likeness (QED) is 0.205. The first-order valence-electron chi connectivity index (χ1n) is 12.9. The highest BCUT2D eigenvalue weighted by Crippen LogP contribution is 2.23. The number of aromatic nitrogens is 1. The molecule has 2 aromatic carbocycles. The van der Waals surface area contributed by atoms with Crippen LogP contribution in [-0.4, -0.2) is 81.1 Å². The second kappa shape index (κ2) is 12.5. The molecule has 0 aliphatic carbocycles. The first kappa shape index (κ1) is 27.8. The molecule has 11 heteroatoms. The molecule has 206 valence electrons. The Hall–Kier alpha value is -4.22. The molecule has 1 fully saturated rings. The van der Waals surface area contributed by atoms with Gasteiger partial charge in [-0.25, -0.2) is 4.79 Å². The fourth-order valence-corrected chi connectivity index (χ4v) is 4.91. The van der Waals surface area contributed by atoms with Crippen molar-refractivity contribution in [2.24, 2.45) is 5.73 Å². The normalized spacial score (nSPS) is 17.4. The number of carbonyl (C=O) groups is 4. The molecule has 2 heterocycles. The van der Waals surface area contributed by atoms with Crippen molar-refractivity contribution in [1.29, 1.82) is 0 Å². The van der Waals surface area contributed by atoms with Crippen LogP contribution in [-0.2, 0) is 32.0 Å².